The third-order valence-electron chi connectivity index (χ3n) is 4.05. The third-order valence-corrected chi connectivity index (χ3v) is 5.58. The minimum Gasteiger partial charge on any atom is -0.465 e. The predicted octanol–water partition coefficient (Wildman–Crippen LogP) is 3.81. The molecule has 4 nitrogen and oxygen atoms in total. The van der Waals surface area contributed by atoms with E-state index in [0.29, 0.717) is 11.1 Å². The van der Waals surface area contributed by atoms with Gasteiger partial charge < -0.3 is 5.11 Å². The number of aliphatic imine (C=N–C) groups is 1. The number of fused-ring (bicyclic) bond motifs is 1. The highest BCUT2D eigenvalue weighted by Crippen LogP contribution is 2.51. The molecule has 1 heterocycles. The maximum atomic E-state index is 10.8. The topological polar surface area (TPSA) is 61.7 Å². The molecule has 2 N–H and O–H groups in total. The van der Waals surface area contributed by atoms with Gasteiger partial charge in [0, 0.05) is 10.2 Å². The van der Waals surface area contributed by atoms with E-state index in [1.54, 1.807) is 0 Å². The number of carbonyl (C=O) groups is 1. The van der Waals surface area contributed by atoms with E-state index in [-0.39, 0.29) is 5.54 Å². The molecule has 2 atom stereocenters. The van der Waals surface area contributed by atoms with Crippen molar-refractivity contribution in [3.8, 4) is 0 Å². The number of hydrogen-bond donors (Lipinski definition) is 2. The van der Waals surface area contributed by atoms with Gasteiger partial charge in [-0.3, -0.25) is 10.3 Å². The lowest BCUT2D eigenvalue weighted by atomic mass is 9.82. The van der Waals surface area contributed by atoms with Crippen molar-refractivity contribution in [3.63, 3.8) is 0 Å². The summed E-state index contributed by atoms with van der Waals surface area (Å²) in [7, 11) is 0. The fraction of sp³-hybridized carbons (Fsp3) is 0.429. The maximum Gasteiger partial charge on any atom is 0.410 e. The number of rotatable bonds is 1. The summed E-state index contributed by atoms with van der Waals surface area (Å²) in [5, 5.41) is 11.8. The summed E-state index contributed by atoms with van der Waals surface area (Å²) in [4.78, 5) is 15.6. The van der Waals surface area contributed by atoms with Gasteiger partial charge in [0.05, 0.1) is 5.54 Å². The van der Waals surface area contributed by atoms with Gasteiger partial charge in [-0.15, -0.1) is 0 Å². The molecule has 2 aliphatic rings. The Kier molecular flexibility index (Phi) is 3.77. The molecule has 0 bridgehead atoms. The molecule has 1 fully saturated rings. The molecule has 1 aliphatic heterocycles. The van der Waals surface area contributed by atoms with Crippen molar-refractivity contribution in [1.82, 2.24) is 5.32 Å². The summed E-state index contributed by atoms with van der Waals surface area (Å²) >= 11 is 5.03. The lowest BCUT2D eigenvalue weighted by Crippen LogP contribution is -2.39. The fourth-order valence-corrected chi connectivity index (χ4v) is 4.77. The highest BCUT2D eigenvalue weighted by Gasteiger charge is 2.46. The van der Waals surface area contributed by atoms with Crippen LogP contribution in [-0.4, -0.2) is 22.1 Å². The Morgan fingerprint density at radius 3 is 3.15 bits per heavy atom. The maximum absolute atomic E-state index is 10.8. The van der Waals surface area contributed by atoms with Gasteiger partial charge in [0.15, 0.2) is 5.17 Å². The van der Waals surface area contributed by atoms with Crippen LogP contribution in [0.1, 0.15) is 24.8 Å². The van der Waals surface area contributed by atoms with E-state index in [9.17, 15) is 4.79 Å². The van der Waals surface area contributed by atoms with E-state index in [1.807, 2.05) is 12.1 Å². The zero-order chi connectivity index (χ0) is 14.2. The Hall–Kier alpha value is -1.01. The van der Waals surface area contributed by atoms with E-state index in [4.69, 9.17) is 10.1 Å². The van der Waals surface area contributed by atoms with E-state index < -0.39 is 6.09 Å². The van der Waals surface area contributed by atoms with Crippen LogP contribution in [-0.2, 0) is 5.54 Å². The van der Waals surface area contributed by atoms with Gasteiger partial charge in [-0.2, -0.15) is 0 Å². The van der Waals surface area contributed by atoms with Crippen molar-refractivity contribution < 1.29 is 9.90 Å². The molecule has 1 aromatic rings. The zero-order valence-electron chi connectivity index (χ0n) is 10.8. The van der Waals surface area contributed by atoms with Gasteiger partial charge >= 0.3 is 6.09 Å². The second-order valence-corrected chi connectivity index (χ2v) is 7.11. The van der Waals surface area contributed by atoms with Crippen LogP contribution in [0.15, 0.2) is 33.7 Å². The second kappa shape index (κ2) is 5.41. The van der Waals surface area contributed by atoms with Crippen molar-refractivity contribution in [3.05, 3.63) is 34.3 Å². The number of nitrogens with zero attached hydrogens (tertiary/aromatic N) is 1. The first-order chi connectivity index (χ1) is 9.60. The van der Waals surface area contributed by atoms with Crippen molar-refractivity contribution in [2.24, 2.45) is 10.9 Å². The van der Waals surface area contributed by atoms with Crippen LogP contribution in [0.2, 0.25) is 0 Å². The first-order valence-electron chi connectivity index (χ1n) is 6.59. The molecular formula is C14H15BrN2O2S. The number of nitrogens with one attached hydrogen (secondary N) is 1. The monoisotopic (exact) mass is 354 g/mol. The van der Waals surface area contributed by atoms with E-state index in [2.05, 4.69) is 33.4 Å². The lowest BCUT2D eigenvalue weighted by Gasteiger charge is -2.36. The summed E-state index contributed by atoms with van der Waals surface area (Å²) in [5.41, 5.74) is 0.923. The van der Waals surface area contributed by atoms with E-state index in [0.717, 1.165) is 29.5 Å². The summed E-state index contributed by atoms with van der Waals surface area (Å²) in [6.45, 7) is 0. The number of hydrogen-bond acceptors (Lipinski definition) is 3. The van der Waals surface area contributed by atoms with Gasteiger partial charge in [0.25, 0.3) is 0 Å². The molecule has 0 saturated heterocycles. The van der Waals surface area contributed by atoms with Crippen LogP contribution in [0.5, 0.6) is 0 Å². The number of carboxylic acid groups (broad SMARTS) is 1. The van der Waals surface area contributed by atoms with Crippen LogP contribution in [0.25, 0.3) is 0 Å². The SMILES string of the molecule is O=C(O)NC1=NC2(c3cccc(Br)c3)CCCC2CS1. The van der Waals surface area contributed by atoms with Gasteiger partial charge in [-0.1, -0.05) is 46.2 Å². The first kappa shape index (κ1) is 13.9. The van der Waals surface area contributed by atoms with Crippen molar-refractivity contribution in [1.29, 1.82) is 0 Å². The molecule has 1 aromatic carbocycles. The van der Waals surface area contributed by atoms with Gasteiger partial charge in [0.1, 0.15) is 0 Å². The molecule has 6 heteroatoms. The zero-order valence-corrected chi connectivity index (χ0v) is 13.2. The molecule has 20 heavy (non-hydrogen) atoms. The number of benzene rings is 1. The summed E-state index contributed by atoms with van der Waals surface area (Å²) in [6.07, 6.45) is 2.24. The quantitative estimate of drug-likeness (QED) is 0.805. The van der Waals surface area contributed by atoms with Crippen LogP contribution in [0, 0.1) is 5.92 Å². The molecule has 1 saturated carbocycles. The molecule has 0 radical (unpaired) electrons. The van der Waals surface area contributed by atoms with E-state index in [1.165, 1.54) is 17.3 Å². The van der Waals surface area contributed by atoms with Crippen LogP contribution >= 0.6 is 27.7 Å². The predicted molar refractivity (Wildman–Crippen MR) is 84.2 cm³/mol. The highest BCUT2D eigenvalue weighted by molar-refractivity contribution is 9.10. The minimum absolute atomic E-state index is 0.257. The smallest absolute Gasteiger partial charge is 0.410 e. The second-order valence-electron chi connectivity index (χ2n) is 5.18. The number of thioether (sulfide) groups is 1. The van der Waals surface area contributed by atoms with Crippen LogP contribution in [0.3, 0.4) is 0 Å². The molecule has 3 rings (SSSR count). The average Bonchev–Trinajstić information content (AvgIpc) is 2.82. The molecule has 106 valence electrons. The van der Waals surface area contributed by atoms with Crippen LogP contribution < -0.4 is 5.32 Å². The summed E-state index contributed by atoms with van der Waals surface area (Å²) in [5.74, 6) is 1.41. The standard InChI is InChI=1S/C14H15BrN2O2S/c15-11-5-1-3-9(7-11)14-6-2-4-10(14)8-20-12(17-14)16-13(18)19/h1,3,5,7,10H,2,4,6,8H2,(H,16,17)(H,18,19). The Morgan fingerprint density at radius 1 is 1.55 bits per heavy atom. The normalized spacial score (nSPS) is 28.6. The minimum atomic E-state index is -1.04. The molecular weight excluding hydrogens is 340 g/mol. The summed E-state index contributed by atoms with van der Waals surface area (Å²) in [6, 6.07) is 8.23. The van der Waals surface area contributed by atoms with E-state index >= 15 is 0 Å². The molecule has 1 amide bonds. The molecule has 1 aliphatic carbocycles. The van der Waals surface area contributed by atoms with Crippen molar-refractivity contribution >= 4 is 39.0 Å². The van der Waals surface area contributed by atoms with Gasteiger partial charge in [0.2, 0.25) is 0 Å². The lowest BCUT2D eigenvalue weighted by molar-refractivity contribution is 0.200. The fourth-order valence-electron chi connectivity index (χ4n) is 3.18. The number of halogens is 1. The van der Waals surface area contributed by atoms with Gasteiger partial charge in [-0.05, 0) is 36.5 Å². The highest BCUT2D eigenvalue weighted by atomic mass is 79.9. The largest absolute Gasteiger partial charge is 0.465 e. The Labute approximate surface area is 130 Å². The molecule has 2 unspecified atom stereocenters. The number of amidine groups is 1. The third kappa shape index (κ3) is 2.46. The van der Waals surface area contributed by atoms with Gasteiger partial charge in [-0.25, -0.2) is 4.79 Å². The Balaban J connectivity index is 2.03. The summed E-state index contributed by atoms with van der Waals surface area (Å²) < 4.78 is 1.04. The Morgan fingerprint density at radius 2 is 2.40 bits per heavy atom. The van der Waals surface area contributed by atoms with Crippen molar-refractivity contribution in [2.75, 3.05) is 5.75 Å². The first-order valence-corrected chi connectivity index (χ1v) is 8.37. The Bertz CT molecular complexity index is 578. The molecule has 0 spiro atoms. The average molecular weight is 355 g/mol. The van der Waals surface area contributed by atoms with Crippen LogP contribution in [0.4, 0.5) is 4.79 Å². The number of amides is 1. The molecule has 0 aromatic heterocycles. The van der Waals surface area contributed by atoms with Crippen molar-refractivity contribution in [2.45, 2.75) is 24.8 Å².